The zero-order valence-electron chi connectivity index (χ0n) is 11.2. The van der Waals surface area contributed by atoms with Crippen LogP contribution in [0.15, 0.2) is 35.7 Å². The van der Waals surface area contributed by atoms with Crippen molar-refractivity contribution in [2.75, 3.05) is 11.9 Å². The molecular weight excluding hydrogens is 304 g/mol. The van der Waals surface area contributed by atoms with Gasteiger partial charge in [-0.3, -0.25) is 0 Å². The number of thiophene rings is 1. The second-order valence-electron chi connectivity index (χ2n) is 4.56. The van der Waals surface area contributed by atoms with Crippen molar-refractivity contribution in [1.82, 2.24) is 9.97 Å². The number of para-hydroxylation sites is 1. The van der Waals surface area contributed by atoms with E-state index in [0.717, 1.165) is 15.9 Å². The first kappa shape index (κ1) is 13.8. The summed E-state index contributed by atoms with van der Waals surface area (Å²) < 4.78 is 0. The topological polar surface area (TPSA) is 52.8 Å². The van der Waals surface area contributed by atoms with Gasteiger partial charge in [0.1, 0.15) is 16.1 Å². The molecule has 0 bridgehead atoms. The molecule has 0 aliphatic carbocycles. The first-order valence-electron chi connectivity index (χ1n) is 6.29. The summed E-state index contributed by atoms with van der Waals surface area (Å²) in [6, 6.07) is 11.6. The van der Waals surface area contributed by atoms with E-state index in [0.29, 0.717) is 23.1 Å². The SMILES string of the molecule is CN(Cc1nc(Cl)c2ccsc2n1)c1ccccc1C#N. The summed E-state index contributed by atoms with van der Waals surface area (Å²) in [5.74, 6) is 0.644. The molecule has 6 heteroatoms. The van der Waals surface area contributed by atoms with E-state index in [1.807, 2.05) is 41.6 Å². The second-order valence-corrected chi connectivity index (χ2v) is 5.81. The second kappa shape index (κ2) is 5.68. The maximum Gasteiger partial charge on any atom is 0.151 e. The number of benzene rings is 1. The van der Waals surface area contributed by atoms with Gasteiger partial charge in [0, 0.05) is 12.4 Å². The largest absolute Gasteiger partial charge is 0.366 e. The Hall–Kier alpha value is -2.16. The van der Waals surface area contributed by atoms with Crippen molar-refractivity contribution < 1.29 is 0 Å². The number of hydrogen-bond donors (Lipinski definition) is 0. The Balaban J connectivity index is 1.93. The summed E-state index contributed by atoms with van der Waals surface area (Å²) in [4.78, 5) is 11.7. The van der Waals surface area contributed by atoms with Crippen molar-refractivity contribution in [1.29, 1.82) is 5.26 Å². The van der Waals surface area contributed by atoms with Crippen LogP contribution in [0.3, 0.4) is 0 Å². The lowest BCUT2D eigenvalue weighted by Gasteiger charge is -2.19. The average molecular weight is 315 g/mol. The van der Waals surface area contributed by atoms with Gasteiger partial charge in [0.05, 0.1) is 17.8 Å². The number of hydrogen-bond acceptors (Lipinski definition) is 5. The molecule has 0 radical (unpaired) electrons. The van der Waals surface area contributed by atoms with E-state index < -0.39 is 0 Å². The fraction of sp³-hybridized carbons (Fsp3) is 0.133. The minimum atomic E-state index is 0.471. The van der Waals surface area contributed by atoms with Gasteiger partial charge in [-0.25, -0.2) is 9.97 Å². The molecule has 3 rings (SSSR count). The van der Waals surface area contributed by atoms with Crippen LogP contribution in [0.1, 0.15) is 11.4 Å². The lowest BCUT2D eigenvalue weighted by atomic mass is 10.2. The minimum absolute atomic E-state index is 0.471. The maximum absolute atomic E-state index is 9.16. The molecule has 21 heavy (non-hydrogen) atoms. The number of anilines is 1. The first-order chi connectivity index (χ1) is 10.2. The summed E-state index contributed by atoms with van der Waals surface area (Å²) >= 11 is 7.72. The Morgan fingerprint density at radius 2 is 2.10 bits per heavy atom. The van der Waals surface area contributed by atoms with Gasteiger partial charge >= 0.3 is 0 Å². The Kier molecular flexibility index (Phi) is 3.74. The van der Waals surface area contributed by atoms with Crippen LogP contribution in [0.4, 0.5) is 5.69 Å². The van der Waals surface area contributed by atoms with Crippen molar-refractivity contribution in [2.45, 2.75) is 6.54 Å². The molecule has 2 heterocycles. The van der Waals surface area contributed by atoms with E-state index >= 15 is 0 Å². The van der Waals surface area contributed by atoms with E-state index in [9.17, 15) is 0 Å². The number of nitriles is 1. The third-order valence-corrected chi connectivity index (χ3v) is 4.23. The first-order valence-corrected chi connectivity index (χ1v) is 7.54. The molecule has 0 N–H and O–H groups in total. The molecule has 0 spiro atoms. The van der Waals surface area contributed by atoms with E-state index in [4.69, 9.17) is 16.9 Å². The monoisotopic (exact) mass is 314 g/mol. The zero-order valence-corrected chi connectivity index (χ0v) is 12.8. The molecule has 1 aromatic carbocycles. The third-order valence-electron chi connectivity index (χ3n) is 3.14. The van der Waals surface area contributed by atoms with Gasteiger partial charge in [-0.2, -0.15) is 5.26 Å². The van der Waals surface area contributed by atoms with Crippen molar-refractivity contribution in [3.05, 3.63) is 52.3 Å². The zero-order chi connectivity index (χ0) is 14.8. The molecule has 0 saturated heterocycles. The number of fused-ring (bicyclic) bond motifs is 1. The summed E-state index contributed by atoms with van der Waals surface area (Å²) in [5, 5.41) is 12.5. The van der Waals surface area contributed by atoms with Crippen LogP contribution < -0.4 is 4.90 Å². The van der Waals surface area contributed by atoms with Gasteiger partial charge in [0.25, 0.3) is 0 Å². The van der Waals surface area contributed by atoms with Crippen LogP contribution in [0, 0.1) is 11.3 Å². The van der Waals surface area contributed by atoms with Gasteiger partial charge in [-0.05, 0) is 23.6 Å². The van der Waals surface area contributed by atoms with E-state index in [1.54, 1.807) is 6.07 Å². The number of aromatic nitrogens is 2. The van der Waals surface area contributed by atoms with Gasteiger partial charge in [-0.1, -0.05) is 23.7 Å². The van der Waals surface area contributed by atoms with E-state index in [1.165, 1.54) is 11.3 Å². The van der Waals surface area contributed by atoms with E-state index in [2.05, 4.69) is 16.0 Å². The highest BCUT2D eigenvalue weighted by molar-refractivity contribution is 7.16. The van der Waals surface area contributed by atoms with Crippen molar-refractivity contribution in [3.63, 3.8) is 0 Å². The van der Waals surface area contributed by atoms with Crippen LogP contribution >= 0.6 is 22.9 Å². The van der Waals surface area contributed by atoms with Crippen LogP contribution in [0.2, 0.25) is 5.15 Å². The third kappa shape index (κ3) is 2.68. The average Bonchev–Trinajstić information content (AvgIpc) is 2.96. The molecule has 0 fully saturated rings. The lowest BCUT2D eigenvalue weighted by molar-refractivity contribution is 0.848. The summed E-state index contributed by atoms with van der Waals surface area (Å²) in [6.07, 6.45) is 0. The van der Waals surface area contributed by atoms with Crippen molar-refractivity contribution >= 4 is 38.8 Å². The van der Waals surface area contributed by atoms with Gasteiger partial charge < -0.3 is 4.90 Å². The lowest BCUT2D eigenvalue weighted by Crippen LogP contribution is -2.19. The van der Waals surface area contributed by atoms with Gasteiger partial charge in [0.2, 0.25) is 0 Å². The molecule has 3 aromatic rings. The standard InChI is InChI=1S/C15H11ClN4S/c1-20(12-5-3-2-4-10(12)8-17)9-13-18-14(16)11-6-7-21-15(11)19-13/h2-7H,9H2,1H3. The Bertz CT molecular complexity index is 837. The molecule has 104 valence electrons. The van der Waals surface area contributed by atoms with Crippen molar-refractivity contribution in [2.24, 2.45) is 0 Å². The normalized spacial score (nSPS) is 10.5. The highest BCUT2D eigenvalue weighted by Gasteiger charge is 2.11. The quantitative estimate of drug-likeness (QED) is 0.689. The Morgan fingerprint density at radius 3 is 2.90 bits per heavy atom. The van der Waals surface area contributed by atoms with Crippen LogP contribution in [-0.2, 0) is 6.54 Å². The molecule has 0 aliphatic heterocycles. The molecule has 0 amide bonds. The van der Waals surface area contributed by atoms with Crippen LogP contribution in [0.25, 0.3) is 10.2 Å². The predicted octanol–water partition coefficient (Wildman–Crippen LogP) is 3.85. The van der Waals surface area contributed by atoms with Crippen molar-refractivity contribution in [3.8, 4) is 6.07 Å². The number of rotatable bonds is 3. The molecule has 4 nitrogen and oxygen atoms in total. The molecule has 2 aromatic heterocycles. The molecule has 0 unspecified atom stereocenters. The fourth-order valence-corrected chi connectivity index (χ4v) is 3.22. The van der Waals surface area contributed by atoms with Gasteiger partial charge in [-0.15, -0.1) is 11.3 Å². The van der Waals surface area contributed by atoms with E-state index in [-0.39, 0.29) is 0 Å². The summed E-state index contributed by atoms with van der Waals surface area (Å²) in [6.45, 7) is 0.492. The van der Waals surface area contributed by atoms with Crippen LogP contribution in [0.5, 0.6) is 0 Å². The number of nitrogens with zero attached hydrogens (tertiary/aromatic N) is 4. The summed E-state index contributed by atoms with van der Waals surface area (Å²) in [7, 11) is 1.91. The molecule has 0 aliphatic rings. The molecular formula is C15H11ClN4S. The highest BCUT2D eigenvalue weighted by Crippen LogP contribution is 2.26. The predicted molar refractivity (Wildman–Crippen MR) is 85.7 cm³/mol. The maximum atomic E-state index is 9.16. The smallest absolute Gasteiger partial charge is 0.151 e. The fourth-order valence-electron chi connectivity index (χ4n) is 2.13. The molecule has 0 atom stereocenters. The van der Waals surface area contributed by atoms with Crippen LogP contribution in [-0.4, -0.2) is 17.0 Å². The Morgan fingerprint density at radius 1 is 1.29 bits per heavy atom. The highest BCUT2D eigenvalue weighted by atomic mass is 35.5. The Labute approximate surface area is 131 Å². The van der Waals surface area contributed by atoms with Gasteiger partial charge in [0.15, 0.2) is 5.82 Å². The molecule has 0 saturated carbocycles. The number of halogens is 1. The summed E-state index contributed by atoms with van der Waals surface area (Å²) in [5.41, 5.74) is 1.48. The minimum Gasteiger partial charge on any atom is -0.366 e.